The summed E-state index contributed by atoms with van der Waals surface area (Å²) < 4.78 is 19.5. The number of ketones is 1. The van der Waals surface area contributed by atoms with Gasteiger partial charge in [0.25, 0.3) is 0 Å². The number of carbonyl (C=O) groups excluding carboxylic acids is 2. The second-order valence-corrected chi connectivity index (χ2v) is 9.06. The van der Waals surface area contributed by atoms with E-state index in [2.05, 4.69) is 9.88 Å². The van der Waals surface area contributed by atoms with E-state index in [0.29, 0.717) is 44.3 Å². The van der Waals surface area contributed by atoms with Gasteiger partial charge in [-0.25, -0.2) is 14.2 Å². The van der Waals surface area contributed by atoms with Gasteiger partial charge in [-0.2, -0.15) is 0 Å². The molecule has 2 saturated heterocycles. The SMILES string of the molecule is CCC(=O)c1ccc(N2CCC[C@H](N3CC[C@](CCCO)(c4ccc(F)cc4)OC3=O)C2)nc1. The number of benzene rings is 1. The summed E-state index contributed by atoms with van der Waals surface area (Å²) in [6.07, 6.45) is 5.03. The molecule has 0 saturated carbocycles. The van der Waals surface area contributed by atoms with Gasteiger partial charge in [0.2, 0.25) is 0 Å². The van der Waals surface area contributed by atoms with Gasteiger partial charge in [-0.3, -0.25) is 4.79 Å². The molecule has 2 atom stereocenters. The minimum atomic E-state index is -0.860. The second kappa shape index (κ2) is 10.5. The van der Waals surface area contributed by atoms with E-state index >= 15 is 0 Å². The van der Waals surface area contributed by atoms with Gasteiger partial charge in [0.15, 0.2) is 5.78 Å². The van der Waals surface area contributed by atoms with Gasteiger partial charge in [-0.1, -0.05) is 19.1 Å². The Morgan fingerprint density at radius 3 is 2.68 bits per heavy atom. The maximum Gasteiger partial charge on any atom is 0.410 e. The Morgan fingerprint density at radius 2 is 2.03 bits per heavy atom. The van der Waals surface area contributed by atoms with Gasteiger partial charge in [0.05, 0.1) is 6.04 Å². The number of cyclic esters (lactones) is 1. The summed E-state index contributed by atoms with van der Waals surface area (Å²) in [6, 6.07) is 9.75. The number of rotatable bonds is 8. The average molecular weight is 470 g/mol. The van der Waals surface area contributed by atoms with Crippen molar-refractivity contribution in [1.29, 1.82) is 0 Å². The van der Waals surface area contributed by atoms with Gasteiger partial charge in [-0.15, -0.1) is 0 Å². The second-order valence-electron chi connectivity index (χ2n) is 9.06. The highest BCUT2D eigenvalue weighted by Gasteiger charge is 2.44. The van der Waals surface area contributed by atoms with Gasteiger partial charge in [-0.05, 0) is 55.5 Å². The average Bonchev–Trinajstić information content (AvgIpc) is 2.87. The third-order valence-corrected chi connectivity index (χ3v) is 6.94. The number of nitrogens with zero attached hydrogens (tertiary/aromatic N) is 3. The van der Waals surface area contributed by atoms with Crippen molar-refractivity contribution in [3.8, 4) is 0 Å². The van der Waals surface area contributed by atoms with Crippen LogP contribution in [0.5, 0.6) is 0 Å². The minimum absolute atomic E-state index is 0.00254. The Hall–Kier alpha value is -3.00. The maximum absolute atomic E-state index is 13.5. The molecule has 1 aromatic heterocycles. The lowest BCUT2D eigenvalue weighted by atomic mass is 9.84. The molecule has 34 heavy (non-hydrogen) atoms. The third kappa shape index (κ3) is 5.06. The summed E-state index contributed by atoms with van der Waals surface area (Å²) in [4.78, 5) is 33.5. The molecule has 1 amide bonds. The number of ether oxygens (including phenoxy) is 1. The van der Waals surface area contributed by atoms with E-state index in [1.165, 1.54) is 12.1 Å². The van der Waals surface area contributed by atoms with Crippen LogP contribution < -0.4 is 4.90 Å². The highest BCUT2D eigenvalue weighted by Crippen LogP contribution is 2.39. The predicted octanol–water partition coefficient (Wildman–Crippen LogP) is 4.29. The first-order chi connectivity index (χ1) is 16.5. The molecule has 182 valence electrons. The van der Waals surface area contributed by atoms with Crippen molar-refractivity contribution < 1.29 is 23.8 Å². The fourth-order valence-corrected chi connectivity index (χ4v) is 5.00. The van der Waals surface area contributed by atoms with E-state index < -0.39 is 5.60 Å². The zero-order chi connectivity index (χ0) is 24.1. The standard InChI is InChI=1S/C26H32FN3O4/c1-2-23(32)19-6-11-24(28-17-19)29-14-3-5-22(18-29)30-15-13-26(12-4-16-31,34-25(30)33)20-7-9-21(27)10-8-20/h6-11,17,22,31H,2-5,12-16,18H2,1H3/t22-,26+/m0/s1. The molecule has 7 nitrogen and oxygen atoms in total. The Bertz CT molecular complexity index is 998. The largest absolute Gasteiger partial charge is 0.438 e. The van der Waals surface area contributed by atoms with Crippen molar-refractivity contribution in [1.82, 2.24) is 9.88 Å². The molecular formula is C26H32FN3O4. The molecule has 4 rings (SSSR count). The third-order valence-electron chi connectivity index (χ3n) is 6.94. The number of halogens is 1. The van der Waals surface area contributed by atoms with Crippen LogP contribution in [0.3, 0.4) is 0 Å². The zero-order valence-corrected chi connectivity index (χ0v) is 19.6. The Morgan fingerprint density at radius 1 is 1.24 bits per heavy atom. The molecule has 0 spiro atoms. The minimum Gasteiger partial charge on any atom is -0.438 e. The Balaban J connectivity index is 1.46. The van der Waals surface area contributed by atoms with Crippen LogP contribution in [0, 0.1) is 5.82 Å². The number of amides is 1. The van der Waals surface area contributed by atoms with Gasteiger partial charge in [0.1, 0.15) is 17.2 Å². The van der Waals surface area contributed by atoms with Gasteiger partial charge < -0.3 is 19.6 Å². The Kier molecular flexibility index (Phi) is 7.46. The topological polar surface area (TPSA) is 83.0 Å². The summed E-state index contributed by atoms with van der Waals surface area (Å²) in [7, 11) is 0. The molecule has 2 aliphatic heterocycles. The van der Waals surface area contributed by atoms with Crippen LogP contribution in [-0.4, -0.2) is 59.1 Å². The summed E-state index contributed by atoms with van der Waals surface area (Å²) >= 11 is 0. The fraction of sp³-hybridized carbons (Fsp3) is 0.500. The molecule has 2 aromatic rings. The van der Waals surface area contributed by atoms with Crippen molar-refractivity contribution in [3.05, 3.63) is 59.5 Å². The number of aromatic nitrogens is 1. The van der Waals surface area contributed by atoms with Crippen LogP contribution in [-0.2, 0) is 10.3 Å². The quantitative estimate of drug-likeness (QED) is 0.581. The van der Waals surface area contributed by atoms with E-state index in [4.69, 9.17) is 4.74 Å². The van der Waals surface area contributed by atoms with E-state index in [-0.39, 0.29) is 30.3 Å². The highest BCUT2D eigenvalue weighted by molar-refractivity contribution is 5.95. The summed E-state index contributed by atoms with van der Waals surface area (Å²) in [5, 5.41) is 9.38. The van der Waals surface area contributed by atoms with Gasteiger partial charge in [0, 0.05) is 50.8 Å². The molecule has 0 radical (unpaired) electrons. The molecule has 3 heterocycles. The normalized spacial score (nSPS) is 23.0. The van der Waals surface area contributed by atoms with Crippen LogP contribution >= 0.6 is 0 Å². The lowest BCUT2D eigenvalue weighted by molar-refractivity contribution is -0.0697. The molecule has 1 N–H and O–H groups in total. The number of carbonyl (C=O) groups is 2. The van der Waals surface area contributed by atoms with Crippen LogP contribution in [0.1, 0.15) is 61.4 Å². The summed E-state index contributed by atoms with van der Waals surface area (Å²) in [6.45, 7) is 3.83. The van der Waals surface area contributed by atoms with Crippen molar-refractivity contribution >= 4 is 17.7 Å². The number of Topliss-reactive ketones (excluding diaryl/α,β-unsaturated/α-hetero) is 1. The Labute approximate surface area is 199 Å². The molecule has 0 bridgehead atoms. The van der Waals surface area contributed by atoms with Crippen molar-refractivity contribution in [2.75, 3.05) is 31.1 Å². The molecule has 0 aliphatic carbocycles. The zero-order valence-electron chi connectivity index (χ0n) is 19.6. The van der Waals surface area contributed by atoms with Crippen LogP contribution in [0.2, 0.25) is 0 Å². The van der Waals surface area contributed by atoms with Crippen LogP contribution in [0.15, 0.2) is 42.6 Å². The van der Waals surface area contributed by atoms with Crippen LogP contribution in [0.25, 0.3) is 0 Å². The lowest BCUT2D eigenvalue weighted by Crippen LogP contribution is -2.56. The number of aliphatic hydroxyl groups is 1. The first-order valence-corrected chi connectivity index (χ1v) is 12.1. The van der Waals surface area contributed by atoms with Crippen LogP contribution in [0.4, 0.5) is 15.0 Å². The molecule has 1 aromatic carbocycles. The monoisotopic (exact) mass is 469 g/mol. The molecule has 2 aliphatic rings. The lowest BCUT2D eigenvalue weighted by Gasteiger charge is -2.46. The van der Waals surface area contributed by atoms with E-state index in [1.54, 1.807) is 23.2 Å². The molecule has 2 fully saturated rings. The number of piperidine rings is 1. The summed E-state index contributed by atoms with van der Waals surface area (Å²) in [5.74, 6) is 0.525. The number of anilines is 1. The molecule has 0 unspecified atom stereocenters. The number of pyridine rings is 1. The van der Waals surface area contributed by atoms with Crippen molar-refractivity contribution in [3.63, 3.8) is 0 Å². The first-order valence-electron chi connectivity index (χ1n) is 12.1. The molecular weight excluding hydrogens is 437 g/mol. The van der Waals surface area contributed by atoms with Crippen molar-refractivity contribution in [2.45, 2.75) is 57.1 Å². The smallest absolute Gasteiger partial charge is 0.410 e. The summed E-state index contributed by atoms with van der Waals surface area (Å²) in [5.41, 5.74) is 0.507. The van der Waals surface area contributed by atoms with E-state index in [1.807, 2.05) is 19.1 Å². The van der Waals surface area contributed by atoms with E-state index in [0.717, 1.165) is 30.8 Å². The fourth-order valence-electron chi connectivity index (χ4n) is 5.00. The highest BCUT2D eigenvalue weighted by atomic mass is 19.1. The number of aliphatic hydroxyl groups excluding tert-OH is 1. The number of hydrogen-bond acceptors (Lipinski definition) is 6. The maximum atomic E-state index is 13.5. The van der Waals surface area contributed by atoms with Crippen molar-refractivity contribution in [2.24, 2.45) is 0 Å². The first kappa shape index (κ1) is 24.1. The van der Waals surface area contributed by atoms with Gasteiger partial charge >= 0.3 is 6.09 Å². The predicted molar refractivity (Wildman–Crippen MR) is 126 cm³/mol. The molecule has 8 heteroatoms. The van der Waals surface area contributed by atoms with E-state index in [9.17, 15) is 19.1 Å². The number of hydrogen-bond donors (Lipinski definition) is 1.